The molecule has 0 heterocycles. The summed E-state index contributed by atoms with van der Waals surface area (Å²) in [7, 11) is 1.57. The van der Waals surface area contributed by atoms with Crippen LogP contribution in [0.4, 0.5) is 0 Å². The third kappa shape index (κ3) is 4.25. The lowest BCUT2D eigenvalue weighted by atomic mass is 10.1. The summed E-state index contributed by atoms with van der Waals surface area (Å²) in [4.78, 5) is 10.4. The number of aromatic hydroxyl groups is 1. The van der Waals surface area contributed by atoms with Crippen molar-refractivity contribution in [1.29, 1.82) is 0 Å². The number of rotatable bonds is 7. The second-order valence-electron chi connectivity index (χ2n) is 4.10. The van der Waals surface area contributed by atoms with Crippen molar-refractivity contribution in [2.75, 3.05) is 13.7 Å². The number of carboxylic acids is 1. The maximum absolute atomic E-state index is 10.4. The molecular weight excluding hydrogens is 234 g/mol. The highest BCUT2D eigenvalue weighted by Crippen LogP contribution is 2.28. The molecule has 1 rings (SSSR count). The lowest BCUT2D eigenvalue weighted by molar-refractivity contribution is -0.137. The Labute approximate surface area is 106 Å². The van der Waals surface area contributed by atoms with Crippen LogP contribution in [-0.4, -0.2) is 29.8 Å². The van der Waals surface area contributed by atoms with E-state index in [0.29, 0.717) is 18.7 Å². The molecular formula is C13H19NO4. The lowest BCUT2D eigenvalue weighted by Gasteiger charge is -2.16. The number of carbonyl (C=O) groups is 1. The maximum atomic E-state index is 10.4. The zero-order chi connectivity index (χ0) is 13.5. The van der Waals surface area contributed by atoms with Gasteiger partial charge in [0.15, 0.2) is 0 Å². The van der Waals surface area contributed by atoms with Gasteiger partial charge in [-0.25, -0.2) is 0 Å². The Morgan fingerprint density at radius 3 is 2.83 bits per heavy atom. The van der Waals surface area contributed by atoms with E-state index in [1.54, 1.807) is 25.3 Å². The topological polar surface area (TPSA) is 78.8 Å². The first-order valence-corrected chi connectivity index (χ1v) is 5.86. The van der Waals surface area contributed by atoms with Gasteiger partial charge in [0.1, 0.15) is 11.5 Å². The second kappa shape index (κ2) is 6.86. The fourth-order valence-corrected chi connectivity index (χ4v) is 1.67. The Bertz CT molecular complexity index is 406. The zero-order valence-electron chi connectivity index (χ0n) is 10.6. The predicted molar refractivity (Wildman–Crippen MR) is 67.9 cm³/mol. The maximum Gasteiger partial charge on any atom is 0.303 e. The summed E-state index contributed by atoms with van der Waals surface area (Å²) in [5.41, 5.74) is 0.740. The van der Waals surface area contributed by atoms with E-state index < -0.39 is 5.97 Å². The molecule has 0 aliphatic heterocycles. The quantitative estimate of drug-likeness (QED) is 0.647. The number of hydrogen-bond acceptors (Lipinski definition) is 4. The molecule has 0 aliphatic rings. The highest BCUT2D eigenvalue weighted by atomic mass is 16.5. The Morgan fingerprint density at radius 1 is 1.50 bits per heavy atom. The standard InChI is InChI=1S/C13H19NO4/c1-9(14-7-3-4-13(16)17)11-8-10(18-2)5-6-12(11)15/h5-6,8-9,14-15H,3-4,7H2,1-2H3,(H,16,17). The fraction of sp³-hybridized carbons (Fsp3) is 0.462. The van der Waals surface area contributed by atoms with E-state index in [4.69, 9.17) is 9.84 Å². The zero-order valence-corrected chi connectivity index (χ0v) is 10.6. The largest absolute Gasteiger partial charge is 0.508 e. The van der Waals surface area contributed by atoms with Crippen LogP contribution in [0.3, 0.4) is 0 Å². The van der Waals surface area contributed by atoms with Gasteiger partial charge in [0.2, 0.25) is 0 Å². The van der Waals surface area contributed by atoms with Crippen LogP contribution in [0.1, 0.15) is 31.4 Å². The van der Waals surface area contributed by atoms with Gasteiger partial charge in [0.25, 0.3) is 0 Å². The van der Waals surface area contributed by atoms with Gasteiger partial charge in [-0.1, -0.05) is 0 Å². The van der Waals surface area contributed by atoms with Crippen molar-refractivity contribution in [3.8, 4) is 11.5 Å². The van der Waals surface area contributed by atoms with Crippen LogP contribution in [0.25, 0.3) is 0 Å². The van der Waals surface area contributed by atoms with Crippen LogP contribution >= 0.6 is 0 Å². The molecule has 0 radical (unpaired) electrons. The monoisotopic (exact) mass is 253 g/mol. The van der Waals surface area contributed by atoms with Crippen LogP contribution in [0.15, 0.2) is 18.2 Å². The van der Waals surface area contributed by atoms with Crippen molar-refractivity contribution in [3.05, 3.63) is 23.8 Å². The molecule has 1 aromatic rings. The van der Waals surface area contributed by atoms with E-state index in [1.807, 2.05) is 6.92 Å². The summed E-state index contributed by atoms with van der Waals surface area (Å²) in [6.07, 6.45) is 0.703. The first kappa shape index (κ1) is 14.3. The van der Waals surface area contributed by atoms with E-state index in [2.05, 4.69) is 5.32 Å². The van der Waals surface area contributed by atoms with Crippen LogP contribution in [-0.2, 0) is 4.79 Å². The minimum atomic E-state index is -0.798. The van der Waals surface area contributed by atoms with E-state index in [9.17, 15) is 9.90 Å². The fourth-order valence-electron chi connectivity index (χ4n) is 1.67. The first-order valence-electron chi connectivity index (χ1n) is 5.86. The molecule has 1 unspecified atom stereocenters. The number of methoxy groups -OCH3 is 1. The molecule has 0 spiro atoms. The average Bonchev–Trinajstić information content (AvgIpc) is 2.34. The van der Waals surface area contributed by atoms with Gasteiger partial charge in [0, 0.05) is 18.0 Å². The number of phenols is 1. The van der Waals surface area contributed by atoms with Gasteiger partial charge in [-0.3, -0.25) is 4.79 Å². The molecule has 0 saturated carbocycles. The molecule has 0 aromatic heterocycles. The number of aliphatic carboxylic acids is 1. The van der Waals surface area contributed by atoms with Crippen molar-refractivity contribution >= 4 is 5.97 Å². The summed E-state index contributed by atoms with van der Waals surface area (Å²) in [6.45, 7) is 2.50. The number of carboxylic acid groups (broad SMARTS) is 1. The van der Waals surface area contributed by atoms with E-state index in [1.165, 1.54) is 0 Å². The second-order valence-corrected chi connectivity index (χ2v) is 4.10. The Hall–Kier alpha value is -1.75. The molecule has 5 heteroatoms. The molecule has 0 bridgehead atoms. The first-order chi connectivity index (χ1) is 8.54. The number of ether oxygens (including phenoxy) is 1. The molecule has 1 aromatic carbocycles. The predicted octanol–water partition coefficient (Wildman–Crippen LogP) is 1.92. The highest BCUT2D eigenvalue weighted by Gasteiger charge is 2.11. The number of benzene rings is 1. The molecule has 0 amide bonds. The van der Waals surface area contributed by atoms with Gasteiger partial charge in [-0.05, 0) is 38.1 Å². The summed E-state index contributed by atoms with van der Waals surface area (Å²) < 4.78 is 5.10. The smallest absolute Gasteiger partial charge is 0.303 e. The van der Waals surface area contributed by atoms with Gasteiger partial charge < -0.3 is 20.3 Å². The van der Waals surface area contributed by atoms with Crippen LogP contribution in [0, 0.1) is 0 Å². The summed E-state index contributed by atoms with van der Waals surface area (Å²) in [5.74, 6) is 0.0877. The molecule has 3 N–H and O–H groups in total. The molecule has 5 nitrogen and oxygen atoms in total. The van der Waals surface area contributed by atoms with Gasteiger partial charge >= 0.3 is 5.97 Å². The van der Waals surface area contributed by atoms with Gasteiger partial charge in [-0.2, -0.15) is 0 Å². The summed E-state index contributed by atoms with van der Waals surface area (Å²) in [6, 6.07) is 4.98. The molecule has 0 aliphatic carbocycles. The minimum Gasteiger partial charge on any atom is -0.508 e. The molecule has 100 valence electrons. The van der Waals surface area contributed by atoms with Crippen molar-refractivity contribution in [1.82, 2.24) is 5.32 Å². The highest BCUT2D eigenvalue weighted by molar-refractivity contribution is 5.66. The average molecular weight is 253 g/mol. The van der Waals surface area contributed by atoms with Crippen LogP contribution in [0.2, 0.25) is 0 Å². The lowest BCUT2D eigenvalue weighted by Crippen LogP contribution is -2.20. The molecule has 0 saturated heterocycles. The Kier molecular flexibility index (Phi) is 5.45. The number of phenolic OH excluding ortho intramolecular Hbond substituents is 1. The Balaban J connectivity index is 2.55. The van der Waals surface area contributed by atoms with E-state index >= 15 is 0 Å². The van der Waals surface area contributed by atoms with Gasteiger partial charge in [0.05, 0.1) is 7.11 Å². The van der Waals surface area contributed by atoms with Crippen LogP contribution in [0.5, 0.6) is 11.5 Å². The Morgan fingerprint density at radius 2 is 2.22 bits per heavy atom. The number of nitrogens with one attached hydrogen (secondary N) is 1. The van der Waals surface area contributed by atoms with E-state index in [0.717, 1.165) is 5.56 Å². The summed E-state index contributed by atoms with van der Waals surface area (Å²) >= 11 is 0. The normalized spacial score (nSPS) is 12.1. The van der Waals surface area contributed by atoms with E-state index in [-0.39, 0.29) is 18.2 Å². The van der Waals surface area contributed by atoms with Crippen molar-refractivity contribution < 1.29 is 19.7 Å². The van der Waals surface area contributed by atoms with Crippen molar-refractivity contribution in [3.63, 3.8) is 0 Å². The summed E-state index contributed by atoms with van der Waals surface area (Å²) in [5, 5.41) is 21.4. The SMILES string of the molecule is COc1ccc(O)c(C(C)NCCCC(=O)O)c1. The van der Waals surface area contributed by atoms with Crippen LogP contribution < -0.4 is 10.1 Å². The van der Waals surface area contributed by atoms with Gasteiger partial charge in [-0.15, -0.1) is 0 Å². The third-order valence-electron chi connectivity index (χ3n) is 2.72. The third-order valence-corrected chi connectivity index (χ3v) is 2.72. The van der Waals surface area contributed by atoms with Crippen molar-refractivity contribution in [2.24, 2.45) is 0 Å². The number of hydrogen-bond donors (Lipinski definition) is 3. The molecule has 0 fully saturated rings. The molecule has 1 atom stereocenters. The molecule has 18 heavy (non-hydrogen) atoms. The minimum absolute atomic E-state index is 0.0612. The van der Waals surface area contributed by atoms with Crippen molar-refractivity contribution in [2.45, 2.75) is 25.8 Å².